The van der Waals surface area contributed by atoms with Crippen LogP contribution in [0.1, 0.15) is 26.3 Å². The van der Waals surface area contributed by atoms with Crippen molar-refractivity contribution in [2.75, 3.05) is 0 Å². The summed E-state index contributed by atoms with van der Waals surface area (Å²) < 4.78 is 0.986. The fraction of sp³-hybridized carbons (Fsp3) is 0.0526. The van der Waals surface area contributed by atoms with Gasteiger partial charge in [0.15, 0.2) is 0 Å². The summed E-state index contributed by atoms with van der Waals surface area (Å²) in [5.41, 5.74) is 3.43. The predicted molar refractivity (Wildman–Crippen MR) is 98.5 cm³/mol. The van der Waals surface area contributed by atoms with E-state index >= 15 is 0 Å². The first-order valence-electron chi connectivity index (χ1n) is 7.58. The van der Waals surface area contributed by atoms with Crippen LogP contribution in [0.3, 0.4) is 0 Å². The van der Waals surface area contributed by atoms with Gasteiger partial charge in [0.25, 0.3) is 11.8 Å². The lowest BCUT2D eigenvalue weighted by Gasteiger charge is -2.08. The van der Waals surface area contributed by atoms with Gasteiger partial charge in [0.1, 0.15) is 0 Å². The molecule has 0 saturated heterocycles. The SMILES string of the molecule is O=C(NO)c1ccc2ccc(C(=O)NCc3ccc(Br)cc3)cc2c1. The van der Waals surface area contributed by atoms with E-state index in [0.29, 0.717) is 17.7 Å². The number of nitrogens with one attached hydrogen (secondary N) is 2. The highest BCUT2D eigenvalue weighted by molar-refractivity contribution is 9.10. The number of hydrogen-bond donors (Lipinski definition) is 3. The summed E-state index contributed by atoms with van der Waals surface area (Å²) in [7, 11) is 0. The molecule has 0 aliphatic heterocycles. The van der Waals surface area contributed by atoms with Gasteiger partial charge in [-0.3, -0.25) is 14.8 Å². The van der Waals surface area contributed by atoms with Crippen molar-refractivity contribution >= 4 is 38.5 Å². The second-order valence-corrected chi connectivity index (χ2v) is 6.44. The third-order valence-electron chi connectivity index (χ3n) is 3.83. The van der Waals surface area contributed by atoms with Crippen LogP contribution in [0.25, 0.3) is 10.8 Å². The average molecular weight is 399 g/mol. The van der Waals surface area contributed by atoms with E-state index in [9.17, 15) is 9.59 Å². The summed E-state index contributed by atoms with van der Waals surface area (Å²) in [4.78, 5) is 23.9. The topological polar surface area (TPSA) is 78.4 Å². The molecule has 0 atom stereocenters. The summed E-state index contributed by atoms with van der Waals surface area (Å²) >= 11 is 3.37. The zero-order valence-electron chi connectivity index (χ0n) is 13.1. The first kappa shape index (κ1) is 17.1. The summed E-state index contributed by atoms with van der Waals surface area (Å²) in [5.74, 6) is -0.783. The number of benzene rings is 3. The minimum absolute atomic E-state index is 0.193. The minimum Gasteiger partial charge on any atom is -0.348 e. The molecule has 0 bridgehead atoms. The van der Waals surface area contributed by atoms with Crippen LogP contribution < -0.4 is 10.8 Å². The first-order chi connectivity index (χ1) is 12.1. The third-order valence-corrected chi connectivity index (χ3v) is 4.36. The van der Waals surface area contributed by atoms with Crippen LogP contribution in [0.2, 0.25) is 0 Å². The van der Waals surface area contributed by atoms with Crippen molar-refractivity contribution in [2.45, 2.75) is 6.54 Å². The lowest BCUT2D eigenvalue weighted by atomic mass is 10.0. The van der Waals surface area contributed by atoms with E-state index in [1.165, 1.54) is 0 Å². The van der Waals surface area contributed by atoms with Crippen molar-refractivity contribution in [3.8, 4) is 0 Å². The third kappa shape index (κ3) is 4.04. The highest BCUT2D eigenvalue weighted by Gasteiger charge is 2.09. The molecule has 5 nitrogen and oxygen atoms in total. The van der Waals surface area contributed by atoms with E-state index in [2.05, 4.69) is 21.2 Å². The van der Waals surface area contributed by atoms with Crippen LogP contribution in [-0.4, -0.2) is 17.0 Å². The molecule has 0 aliphatic rings. The fourth-order valence-corrected chi connectivity index (χ4v) is 2.74. The summed E-state index contributed by atoms with van der Waals surface area (Å²) in [6, 6.07) is 18.0. The maximum absolute atomic E-state index is 12.4. The zero-order chi connectivity index (χ0) is 17.8. The Kier molecular flexibility index (Phi) is 5.11. The maximum atomic E-state index is 12.4. The van der Waals surface area contributed by atoms with Gasteiger partial charge >= 0.3 is 0 Å². The Bertz CT molecular complexity index is 939. The van der Waals surface area contributed by atoms with Gasteiger partial charge in [-0.05, 0) is 52.7 Å². The second kappa shape index (κ2) is 7.46. The molecule has 6 heteroatoms. The largest absolute Gasteiger partial charge is 0.348 e. The van der Waals surface area contributed by atoms with Crippen molar-refractivity contribution in [1.29, 1.82) is 0 Å². The molecule has 0 fully saturated rings. The number of rotatable bonds is 4. The number of fused-ring (bicyclic) bond motifs is 1. The molecule has 0 aliphatic carbocycles. The van der Waals surface area contributed by atoms with E-state index in [1.54, 1.807) is 35.8 Å². The van der Waals surface area contributed by atoms with Gasteiger partial charge < -0.3 is 5.32 Å². The number of halogens is 1. The Balaban J connectivity index is 1.78. The monoisotopic (exact) mass is 398 g/mol. The lowest BCUT2D eigenvalue weighted by Crippen LogP contribution is -2.22. The van der Waals surface area contributed by atoms with Crippen LogP contribution in [0.5, 0.6) is 0 Å². The molecule has 0 saturated carbocycles. The zero-order valence-corrected chi connectivity index (χ0v) is 14.7. The molecule has 0 spiro atoms. The maximum Gasteiger partial charge on any atom is 0.274 e. The van der Waals surface area contributed by atoms with E-state index in [-0.39, 0.29) is 5.91 Å². The number of hydrogen-bond acceptors (Lipinski definition) is 3. The molecule has 3 N–H and O–H groups in total. The van der Waals surface area contributed by atoms with Gasteiger partial charge in [-0.1, -0.05) is 40.2 Å². The molecule has 0 unspecified atom stereocenters. The number of hydroxylamine groups is 1. The van der Waals surface area contributed by atoms with Crippen LogP contribution in [0, 0.1) is 0 Å². The van der Waals surface area contributed by atoms with Gasteiger partial charge in [0.05, 0.1) is 0 Å². The molecule has 0 heterocycles. The van der Waals surface area contributed by atoms with Gasteiger partial charge in [0.2, 0.25) is 0 Å². The Labute approximate surface area is 152 Å². The summed E-state index contributed by atoms with van der Waals surface area (Å²) in [6.07, 6.45) is 0. The second-order valence-electron chi connectivity index (χ2n) is 5.53. The Morgan fingerprint density at radius 3 is 2.04 bits per heavy atom. The quantitative estimate of drug-likeness (QED) is 0.463. The van der Waals surface area contributed by atoms with Gasteiger partial charge in [-0.15, -0.1) is 0 Å². The predicted octanol–water partition coefficient (Wildman–Crippen LogP) is 3.65. The van der Waals surface area contributed by atoms with E-state index in [1.807, 2.05) is 30.3 Å². The number of carbonyl (C=O) groups is 2. The van der Waals surface area contributed by atoms with E-state index in [0.717, 1.165) is 20.8 Å². The van der Waals surface area contributed by atoms with E-state index < -0.39 is 5.91 Å². The molecular formula is C19H15BrN2O3. The van der Waals surface area contributed by atoms with E-state index in [4.69, 9.17) is 5.21 Å². The molecule has 25 heavy (non-hydrogen) atoms. The highest BCUT2D eigenvalue weighted by Crippen LogP contribution is 2.18. The average Bonchev–Trinajstić information content (AvgIpc) is 2.65. The van der Waals surface area contributed by atoms with Gasteiger partial charge in [-0.2, -0.15) is 0 Å². The molecule has 3 rings (SSSR count). The normalized spacial score (nSPS) is 10.5. The van der Waals surface area contributed by atoms with Crippen LogP contribution in [-0.2, 0) is 6.54 Å². The Morgan fingerprint density at radius 1 is 0.840 bits per heavy atom. The Morgan fingerprint density at radius 2 is 1.44 bits per heavy atom. The highest BCUT2D eigenvalue weighted by atomic mass is 79.9. The fourth-order valence-electron chi connectivity index (χ4n) is 2.48. The lowest BCUT2D eigenvalue weighted by molar-refractivity contribution is 0.0706. The van der Waals surface area contributed by atoms with Crippen molar-refractivity contribution in [2.24, 2.45) is 0 Å². The molecule has 126 valence electrons. The molecule has 0 aromatic heterocycles. The van der Waals surface area contributed by atoms with Crippen LogP contribution in [0.4, 0.5) is 0 Å². The molecule has 3 aromatic carbocycles. The standard InChI is InChI=1S/C19H15BrN2O3/c20-17-7-1-12(2-8-17)11-21-18(23)14-5-3-13-4-6-15(19(24)22-25)10-16(13)9-14/h1-10,25H,11H2,(H,21,23)(H,22,24). The molecule has 3 aromatic rings. The van der Waals surface area contributed by atoms with Gasteiger partial charge in [-0.25, -0.2) is 5.48 Å². The molecule has 0 radical (unpaired) electrons. The minimum atomic E-state index is -0.591. The van der Waals surface area contributed by atoms with Crippen molar-refractivity contribution in [3.63, 3.8) is 0 Å². The summed E-state index contributed by atoms with van der Waals surface area (Å²) in [5, 5.41) is 13.3. The molecular weight excluding hydrogens is 384 g/mol. The molecule has 2 amide bonds. The first-order valence-corrected chi connectivity index (χ1v) is 8.37. The van der Waals surface area contributed by atoms with Crippen molar-refractivity contribution in [1.82, 2.24) is 10.8 Å². The van der Waals surface area contributed by atoms with Gasteiger partial charge in [0, 0.05) is 22.1 Å². The summed E-state index contributed by atoms with van der Waals surface area (Å²) in [6.45, 7) is 0.428. The van der Waals surface area contributed by atoms with Crippen molar-refractivity contribution in [3.05, 3.63) is 81.8 Å². The number of carbonyl (C=O) groups excluding carboxylic acids is 2. The smallest absolute Gasteiger partial charge is 0.274 e. The Hall–Kier alpha value is -2.70. The van der Waals surface area contributed by atoms with Crippen LogP contribution in [0.15, 0.2) is 65.1 Å². The van der Waals surface area contributed by atoms with Crippen LogP contribution >= 0.6 is 15.9 Å². The van der Waals surface area contributed by atoms with Crippen molar-refractivity contribution < 1.29 is 14.8 Å². The number of amides is 2.